The molecule has 1 heterocycles. The van der Waals surface area contributed by atoms with Gasteiger partial charge in [0.05, 0.1) is 4.92 Å². The van der Waals surface area contributed by atoms with E-state index < -0.39 is 4.92 Å². The van der Waals surface area contributed by atoms with Crippen molar-refractivity contribution in [1.82, 2.24) is 4.90 Å². The van der Waals surface area contributed by atoms with Gasteiger partial charge in [-0.05, 0) is 24.8 Å². The lowest BCUT2D eigenvalue weighted by Gasteiger charge is -2.35. The fraction of sp³-hybridized carbons (Fsp3) is 0.500. The highest BCUT2D eigenvalue weighted by Gasteiger charge is 2.31. The number of piperidine rings is 1. The summed E-state index contributed by atoms with van der Waals surface area (Å²) in [6, 6.07) is 4.61. The van der Waals surface area contributed by atoms with Gasteiger partial charge in [0.15, 0.2) is 0 Å². The number of hydrogen-bond donors (Lipinski definition) is 1. The monoisotopic (exact) mass is 277 g/mol. The van der Waals surface area contributed by atoms with Crippen LogP contribution in [-0.4, -0.2) is 34.9 Å². The Bertz CT molecular complexity index is 534. The summed E-state index contributed by atoms with van der Waals surface area (Å²) in [5.41, 5.74) is 6.60. The normalized spacial score (nSPS) is 22.6. The van der Waals surface area contributed by atoms with E-state index in [1.807, 2.05) is 6.92 Å². The molecule has 1 fully saturated rings. The summed E-state index contributed by atoms with van der Waals surface area (Å²) in [6.45, 7) is 4.80. The zero-order chi connectivity index (χ0) is 14.9. The molecular weight excluding hydrogens is 258 g/mol. The van der Waals surface area contributed by atoms with Crippen LogP contribution in [0, 0.1) is 23.0 Å². The van der Waals surface area contributed by atoms with Crippen molar-refractivity contribution in [3.8, 4) is 0 Å². The summed E-state index contributed by atoms with van der Waals surface area (Å²) in [4.78, 5) is 24.8. The Balaban J connectivity index is 2.36. The third-order valence-corrected chi connectivity index (χ3v) is 3.64. The van der Waals surface area contributed by atoms with Gasteiger partial charge in [-0.1, -0.05) is 19.1 Å². The molecule has 1 amide bonds. The Kier molecular flexibility index (Phi) is 4.04. The minimum absolute atomic E-state index is 0.0641. The number of amides is 1. The maximum Gasteiger partial charge on any atom is 0.282 e. The molecule has 0 radical (unpaired) electrons. The summed E-state index contributed by atoms with van der Waals surface area (Å²) in [5.74, 6) is 0.0163. The molecule has 1 aliphatic rings. The Labute approximate surface area is 117 Å². The van der Waals surface area contributed by atoms with Gasteiger partial charge in [0.1, 0.15) is 5.56 Å². The highest BCUT2D eigenvalue weighted by molar-refractivity contribution is 5.99. The number of rotatable bonds is 2. The smallest absolute Gasteiger partial charge is 0.282 e. The Morgan fingerprint density at radius 3 is 2.75 bits per heavy atom. The molecule has 0 saturated carbocycles. The van der Waals surface area contributed by atoms with Crippen molar-refractivity contribution in [3.05, 3.63) is 39.4 Å². The number of hydrogen-bond acceptors (Lipinski definition) is 4. The van der Waals surface area contributed by atoms with Crippen LogP contribution in [0.25, 0.3) is 0 Å². The average molecular weight is 277 g/mol. The second kappa shape index (κ2) is 5.58. The molecule has 6 nitrogen and oxygen atoms in total. The number of aryl methyl sites for hydroxylation is 1. The summed E-state index contributed by atoms with van der Waals surface area (Å²) in [5, 5.41) is 11.1. The molecule has 1 aromatic rings. The van der Waals surface area contributed by atoms with Crippen molar-refractivity contribution < 1.29 is 9.72 Å². The fourth-order valence-electron chi connectivity index (χ4n) is 2.81. The van der Waals surface area contributed by atoms with E-state index in [1.54, 1.807) is 24.0 Å². The van der Waals surface area contributed by atoms with Crippen molar-refractivity contribution in [2.45, 2.75) is 26.3 Å². The molecule has 0 spiro atoms. The minimum atomic E-state index is -0.506. The van der Waals surface area contributed by atoms with Crippen LogP contribution in [0.2, 0.25) is 0 Å². The Morgan fingerprint density at radius 1 is 1.45 bits per heavy atom. The van der Waals surface area contributed by atoms with E-state index in [4.69, 9.17) is 5.73 Å². The number of nitrogens with two attached hydrogens (primary N) is 1. The van der Waals surface area contributed by atoms with E-state index in [-0.39, 0.29) is 23.2 Å². The topological polar surface area (TPSA) is 89.5 Å². The van der Waals surface area contributed by atoms with Crippen LogP contribution in [0.5, 0.6) is 0 Å². The van der Waals surface area contributed by atoms with E-state index in [1.165, 1.54) is 6.07 Å². The molecule has 2 atom stereocenters. The molecule has 0 aromatic heterocycles. The SMILES string of the molecule is Cc1cccc([N+](=O)[O-])c1C(=O)N1CC(C)CC(N)C1. The van der Waals surface area contributed by atoms with Crippen molar-refractivity contribution in [2.24, 2.45) is 11.7 Å². The average Bonchev–Trinajstić information content (AvgIpc) is 2.36. The predicted molar refractivity (Wildman–Crippen MR) is 75.5 cm³/mol. The lowest BCUT2D eigenvalue weighted by molar-refractivity contribution is -0.385. The van der Waals surface area contributed by atoms with Crippen LogP contribution in [0.3, 0.4) is 0 Å². The first-order chi connectivity index (χ1) is 9.40. The van der Waals surface area contributed by atoms with Gasteiger partial charge in [-0.3, -0.25) is 14.9 Å². The zero-order valence-electron chi connectivity index (χ0n) is 11.7. The Morgan fingerprint density at radius 2 is 2.15 bits per heavy atom. The molecule has 108 valence electrons. The molecule has 2 rings (SSSR count). The molecule has 1 aromatic carbocycles. The molecule has 0 bridgehead atoms. The van der Waals surface area contributed by atoms with E-state index in [0.29, 0.717) is 24.6 Å². The molecule has 6 heteroatoms. The number of nitro benzene ring substituents is 1. The standard InChI is InChI=1S/C14H19N3O3/c1-9-6-11(15)8-16(7-9)14(18)13-10(2)4-3-5-12(13)17(19)20/h3-5,9,11H,6-8,15H2,1-2H3. The second-order valence-electron chi connectivity index (χ2n) is 5.54. The lowest BCUT2D eigenvalue weighted by Crippen LogP contribution is -2.49. The van der Waals surface area contributed by atoms with E-state index in [9.17, 15) is 14.9 Å². The van der Waals surface area contributed by atoms with Crippen molar-refractivity contribution in [3.63, 3.8) is 0 Å². The van der Waals surface area contributed by atoms with Gasteiger partial charge < -0.3 is 10.6 Å². The third kappa shape index (κ3) is 2.80. The van der Waals surface area contributed by atoms with Gasteiger partial charge in [0.25, 0.3) is 11.6 Å². The van der Waals surface area contributed by atoms with E-state index >= 15 is 0 Å². The summed E-state index contributed by atoms with van der Waals surface area (Å²) in [7, 11) is 0. The van der Waals surface area contributed by atoms with Gasteiger partial charge in [-0.25, -0.2) is 0 Å². The van der Waals surface area contributed by atoms with Crippen LogP contribution in [0.15, 0.2) is 18.2 Å². The second-order valence-corrected chi connectivity index (χ2v) is 5.54. The zero-order valence-corrected chi connectivity index (χ0v) is 11.7. The molecular formula is C14H19N3O3. The molecule has 1 aliphatic heterocycles. The minimum Gasteiger partial charge on any atom is -0.337 e. The fourth-order valence-corrected chi connectivity index (χ4v) is 2.81. The molecule has 1 saturated heterocycles. The van der Waals surface area contributed by atoms with Gasteiger partial charge in [0.2, 0.25) is 0 Å². The number of likely N-dealkylation sites (tertiary alicyclic amines) is 1. The summed E-state index contributed by atoms with van der Waals surface area (Å²) < 4.78 is 0. The quantitative estimate of drug-likeness (QED) is 0.658. The van der Waals surface area contributed by atoms with Gasteiger partial charge >= 0.3 is 0 Å². The maximum atomic E-state index is 12.6. The lowest BCUT2D eigenvalue weighted by atomic mass is 9.95. The van der Waals surface area contributed by atoms with Gasteiger partial charge in [0, 0.05) is 25.2 Å². The van der Waals surface area contributed by atoms with Crippen LogP contribution in [0.4, 0.5) is 5.69 Å². The van der Waals surface area contributed by atoms with E-state index in [2.05, 4.69) is 0 Å². The van der Waals surface area contributed by atoms with Crippen molar-refractivity contribution >= 4 is 11.6 Å². The summed E-state index contributed by atoms with van der Waals surface area (Å²) >= 11 is 0. The van der Waals surface area contributed by atoms with Crippen molar-refractivity contribution in [1.29, 1.82) is 0 Å². The highest BCUT2D eigenvalue weighted by Crippen LogP contribution is 2.25. The van der Waals surface area contributed by atoms with Crippen LogP contribution >= 0.6 is 0 Å². The number of carbonyl (C=O) groups excluding carboxylic acids is 1. The number of nitro groups is 1. The molecule has 2 N–H and O–H groups in total. The maximum absolute atomic E-state index is 12.6. The summed E-state index contributed by atoms with van der Waals surface area (Å²) in [6.07, 6.45) is 0.875. The number of benzene rings is 1. The first-order valence-electron chi connectivity index (χ1n) is 6.69. The Hall–Kier alpha value is -1.95. The number of carbonyl (C=O) groups is 1. The highest BCUT2D eigenvalue weighted by atomic mass is 16.6. The first kappa shape index (κ1) is 14.5. The predicted octanol–water partition coefficient (Wildman–Crippen LogP) is 1.71. The molecule has 20 heavy (non-hydrogen) atoms. The van der Waals surface area contributed by atoms with E-state index in [0.717, 1.165) is 6.42 Å². The van der Waals surface area contributed by atoms with Crippen LogP contribution < -0.4 is 5.73 Å². The van der Waals surface area contributed by atoms with Gasteiger partial charge in [-0.2, -0.15) is 0 Å². The van der Waals surface area contributed by atoms with Crippen molar-refractivity contribution in [2.75, 3.05) is 13.1 Å². The largest absolute Gasteiger partial charge is 0.337 e. The first-order valence-corrected chi connectivity index (χ1v) is 6.69. The molecule has 2 unspecified atom stereocenters. The van der Waals surface area contributed by atoms with Crippen LogP contribution in [0.1, 0.15) is 29.3 Å². The van der Waals surface area contributed by atoms with Crippen LogP contribution in [-0.2, 0) is 0 Å². The van der Waals surface area contributed by atoms with Gasteiger partial charge in [-0.15, -0.1) is 0 Å². The molecule has 0 aliphatic carbocycles. The third-order valence-electron chi connectivity index (χ3n) is 3.64. The number of nitrogens with zero attached hydrogens (tertiary/aromatic N) is 2.